The van der Waals surface area contributed by atoms with Gasteiger partial charge in [-0.1, -0.05) is 48.5 Å². The topological polar surface area (TPSA) is 45.6 Å². The van der Waals surface area contributed by atoms with E-state index in [1.807, 2.05) is 40.8 Å². The zero-order chi connectivity index (χ0) is 22.6. The lowest BCUT2D eigenvalue weighted by Crippen LogP contribution is -2.45. The first-order chi connectivity index (χ1) is 16.0. The van der Waals surface area contributed by atoms with E-state index in [-0.39, 0.29) is 17.2 Å². The highest BCUT2D eigenvalue weighted by atomic mass is 16.2. The zero-order valence-electron chi connectivity index (χ0n) is 19.2. The first-order valence-corrected chi connectivity index (χ1v) is 12.2. The van der Waals surface area contributed by atoms with Gasteiger partial charge in [0.25, 0.3) is 5.91 Å². The molecule has 6 rings (SSSR count). The fourth-order valence-corrected chi connectivity index (χ4v) is 6.14. The van der Waals surface area contributed by atoms with Crippen LogP contribution in [0.4, 0.5) is 0 Å². The average molecular weight is 442 g/mol. The number of carbonyl (C=O) groups is 2. The Morgan fingerprint density at radius 2 is 1.55 bits per heavy atom. The Labute approximate surface area is 195 Å². The summed E-state index contributed by atoms with van der Waals surface area (Å²) in [6.45, 7) is 3.28. The van der Waals surface area contributed by atoms with Crippen LogP contribution in [0, 0.1) is 11.3 Å². The minimum atomic E-state index is 0.123. The Morgan fingerprint density at radius 1 is 0.879 bits per heavy atom. The number of benzene rings is 2. The van der Waals surface area contributed by atoms with E-state index in [9.17, 15) is 9.59 Å². The molecule has 0 N–H and O–H groups in total. The number of hydrogen-bond acceptors (Lipinski definition) is 2. The first kappa shape index (κ1) is 20.5. The lowest BCUT2D eigenvalue weighted by Gasteiger charge is -2.39. The van der Waals surface area contributed by atoms with E-state index in [1.54, 1.807) is 0 Å². The van der Waals surface area contributed by atoms with E-state index >= 15 is 0 Å². The van der Waals surface area contributed by atoms with Gasteiger partial charge in [0.15, 0.2) is 0 Å². The van der Waals surface area contributed by atoms with Crippen LogP contribution < -0.4 is 0 Å². The molecule has 2 aliphatic heterocycles. The van der Waals surface area contributed by atoms with E-state index in [4.69, 9.17) is 0 Å². The van der Waals surface area contributed by atoms with Gasteiger partial charge in [-0.3, -0.25) is 9.59 Å². The molecule has 0 unspecified atom stereocenters. The maximum absolute atomic E-state index is 13.3. The molecule has 1 aliphatic carbocycles. The molecule has 0 bridgehead atoms. The molecule has 170 valence electrons. The average Bonchev–Trinajstić information content (AvgIpc) is 3.46. The normalized spacial score (nSPS) is 23.9. The number of para-hydroxylation sites is 1. The van der Waals surface area contributed by atoms with Gasteiger partial charge in [0, 0.05) is 50.0 Å². The second-order valence-corrected chi connectivity index (χ2v) is 10.3. The first-order valence-electron chi connectivity index (χ1n) is 12.2. The molecule has 0 radical (unpaired) electrons. The Bertz CT molecular complexity index is 1210. The Morgan fingerprint density at radius 3 is 2.27 bits per heavy atom. The molecule has 3 heterocycles. The standard InChI is InChI=1S/C28H31N3O2/c1-29-24-10-6-5-9-21(24)17-25(29)27(33)30-14-11-28(12-15-30)13-16-31(19-28)26(32)23-18-22(23)20-7-3-2-4-8-20/h2-10,17,22-23H,11-16,18-19H2,1H3/t22-,23+/m0/s1. The molecular weight excluding hydrogens is 410 g/mol. The number of carbonyl (C=O) groups excluding carboxylic acids is 2. The summed E-state index contributed by atoms with van der Waals surface area (Å²) >= 11 is 0. The van der Waals surface area contributed by atoms with Crippen molar-refractivity contribution >= 4 is 22.7 Å². The summed E-state index contributed by atoms with van der Waals surface area (Å²) in [4.78, 5) is 30.6. The van der Waals surface area contributed by atoms with Crippen molar-refractivity contribution in [2.75, 3.05) is 26.2 Å². The summed E-state index contributed by atoms with van der Waals surface area (Å²) in [6.07, 6.45) is 4.02. The third-order valence-corrected chi connectivity index (χ3v) is 8.37. The molecular formula is C28H31N3O2. The van der Waals surface area contributed by atoms with Crippen LogP contribution in [0.25, 0.3) is 10.9 Å². The van der Waals surface area contributed by atoms with Crippen LogP contribution >= 0.6 is 0 Å². The van der Waals surface area contributed by atoms with Gasteiger partial charge in [-0.15, -0.1) is 0 Å². The molecule has 2 aromatic carbocycles. The van der Waals surface area contributed by atoms with Gasteiger partial charge in [-0.25, -0.2) is 0 Å². The summed E-state index contributed by atoms with van der Waals surface area (Å²) in [6, 6.07) is 20.6. The Hall–Kier alpha value is -3.08. The zero-order valence-corrected chi connectivity index (χ0v) is 19.2. The van der Waals surface area contributed by atoms with Crippen LogP contribution in [0.1, 0.15) is 47.7 Å². The van der Waals surface area contributed by atoms with Crippen molar-refractivity contribution in [3.05, 3.63) is 71.9 Å². The van der Waals surface area contributed by atoms with Crippen LogP contribution in [-0.4, -0.2) is 52.4 Å². The summed E-state index contributed by atoms with van der Waals surface area (Å²) in [5.41, 5.74) is 3.33. The molecule has 1 spiro atoms. The van der Waals surface area contributed by atoms with Crippen LogP contribution in [0.5, 0.6) is 0 Å². The molecule has 3 fully saturated rings. The maximum Gasteiger partial charge on any atom is 0.270 e. The Kier molecular flexibility index (Phi) is 4.82. The van der Waals surface area contributed by atoms with Gasteiger partial charge in [0.2, 0.25) is 5.91 Å². The van der Waals surface area contributed by atoms with Gasteiger partial charge in [0.05, 0.1) is 0 Å². The van der Waals surface area contributed by atoms with Crippen molar-refractivity contribution in [2.24, 2.45) is 18.4 Å². The third-order valence-electron chi connectivity index (χ3n) is 8.37. The molecule has 2 amide bonds. The molecule has 1 saturated carbocycles. The molecule has 5 nitrogen and oxygen atoms in total. The van der Waals surface area contributed by atoms with E-state index in [0.29, 0.717) is 11.8 Å². The fourth-order valence-electron chi connectivity index (χ4n) is 6.14. The molecule has 3 aliphatic rings. The molecule has 3 aromatic rings. The second-order valence-electron chi connectivity index (χ2n) is 10.3. The van der Waals surface area contributed by atoms with Crippen molar-refractivity contribution < 1.29 is 9.59 Å². The molecule has 1 aromatic heterocycles. The summed E-state index contributed by atoms with van der Waals surface area (Å²) in [5, 5.41) is 1.11. The number of nitrogens with zero attached hydrogens (tertiary/aromatic N) is 3. The highest BCUT2D eigenvalue weighted by molar-refractivity contribution is 5.98. The number of aryl methyl sites for hydroxylation is 1. The van der Waals surface area contributed by atoms with Gasteiger partial charge >= 0.3 is 0 Å². The van der Waals surface area contributed by atoms with Crippen LogP contribution in [0.15, 0.2) is 60.7 Å². The Balaban J connectivity index is 1.08. The van der Waals surface area contributed by atoms with E-state index in [2.05, 4.69) is 41.3 Å². The number of aromatic nitrogens is 1. The largest absolute Gasteiger partial charge is 0.342 e. The molecule has 2 saturated heterocycles. The highest BCUT2D eigenvalue weighted by Gasteiger charge is 2.49. The van der Waals surface area contributed by atoms with Gasteiger partial charge in [-0.2, -0.15) is 0 Å². The number of rotatable bonds is 3. The van der Waals surface area contributed by atoms with Gasteiger partial charge in [0.1, 0.15) is 5.69 Å². The maximum atomic E-state index is 13.3. The third kappa shape index (κ3) is 3.54. The van der Waals surface area contributed by atoms with Crippen LogP contribution in [-0.2, 0) is 11.8 Å². The monoisotopic (exact) mass is 441 g/mol. The van der Waals surface area contributed by atoms with E-state index in [1.165, 1.54) is 5.56 Å². The van der Waals surface area contributed by atoms with Crippen molar-refractivity contribution in [3.8, 4) is 0 Å². The summed E-state index contributed by atoms with van der Waals surface area (Å²) in [5.74, 6) is 1.03. The predicted molar refractivity (Wildman–Crippen MR) is 129 cm³/mol. The quantitative estimate of drug-likeness (QED) is 0.603. The molecule has 2 atom stereocenters. The summed E-state index contributed by atoms with van der Waals surface area (Å²) in [7, 11) is 1.97. The predicted octanol–water partition coefficient (Wildman–Crippen LogP) is 4.44. The second kappa shape index (κ2) is 7.75. The van der Waals surface area contributed by atoms with Crippen molar-refractivity contribution in [1.29, 1.82) is 0 Å². The fraction of sp³-hybridized carbons (Fsp3) is 0.429. The molecule has 33 heavy (non-hydrogen) atoms. The minimum absolute atomic E-state index is 0.123. The number of hydrogen-bond donors (Lipinski definition) is 0. The number of piperidine rings is 1. The van der Waals surface area contributed by atoms with Gasteiger partial charge < -0.3 is 14.4 Å². The van der Waals surface area contributed by atoms with Gasteiger partial charge in [-0.05, 0) is 54.7 Å². The number of fused-ring (bicyclic) bond motifs is 1. The SMILES string of the molecule is Cn1c(C(=O)N2CCC3(CC2)CCN(C(=O)[C@@H]2C[C@H]2c2ccccc2)C3)cc2ccccc21. The van der Waals surface area contributed by atoms with Crippen LogP contribution in [0.3, 0.4) is 0 Å². The van der Waals surface area contributed by atoms with Crippen molar-refractivity contribution in [1.82, 2.24) is 14.4 Å². The number of likely N-dealkylation sites (tertiary alicyclic amines) is 2. The van der Waals surface area contributed by atoms with E-state index in [0.717, 1.165) is 68.5 Å². The highest BCUT2D eigenvalue weighted by Crippen LogP contribution is 2.50. The lowest BCUT2D eigenvalue weighted by molar-refractivity contribution is -0.132. The number of amides is 2. The lowest BCUT2D eigenvalue weighted by atomic mass is 9.77. The van der Waals surface area contributed by atoms with E-state index < -0.39 is 0 Å². The molecule has 5 heteroatoms. The van der Waals surface area contributed by atoms with Crippen LogP contribution in [0.2, 0.25) is 0 Å². The van der Waals surface area contributed by atoms with Crippen molar-refractivity contribution in [2.45, 2.75) is 31.6 Å². The summed E-state index contributed by atoms with van der Waals surface area (Å²) < 4.78 is 2.01. The minimum Gasteiger partial charge on any atom is -0.342 e. The smallest absolute Gasteiger partial charge is 0.270 e. The van der Waals surface area contributed by atoms with Crippen molar-refractivity contribution in [3.63, 3.8) is 0 Å².